The number of phenols is 1. The van der Waals surface area contributed by atoms with Crippen LogP contribution in [0, 0.1) is 0 Å². The average molecular weight is 482 g/mol. The first-order valence-electron chi connectivity index (χ1n) is 11.4. The van der Waals surface area contributed by atoms with Crippen LogP contribution < -0.4 is 10.6 Å². The van der Waals surface area contributed by atoms with Gasteiger partial charge >= 0.3 is 6.09 Å². The topological polar surface area (TPSA) is 108 Å². The lowest BCUT2D eigenvalue weighted by atomic mass is 10.0. The number of benzene rings is 1. The zero-order valence-electron chi connectivity index (χ0n) is 20.6. The molecule has 3 unspecified atom stereocenters. The number of hydrogen-bond acceptors (Lipinski definition) is 6. The van der Waals surface area contributed by atoms with Gasteiger partial charge in [-0.1, -0.05) is 32.4 Å². The van der Waals surface area contributed by atoms with Gasteiger partial charge in [0.25, 0.3) is 0 Å². The number of hydrogen-bond donors (Lipinski definition) is 4. The van der Waals surface area contributed by atoms with E-state index in [1.807, 2.05) is 20.8 Å². The summed E-state index contributed by atoms with van der Waals surface area (Å²) in [5.41, 5.74) is -0.246. The third kappa shape index (κ3) is 9.53. The highest BCUT2D eigenvalue weighted by Crippen LogP contribution is 2.26. The molecule has 0 radical (unpaired) electrons. The molecule has 8 nitrogen and oxygen atoms in total. The lowest BCUT2D eigenvalue weighted by Gasteiger charge is -2.34. The number of aromatic hydroxyl groups is 1. The monoisotopic (exact) mass is 481 g/mol. The van der Waals surface area contributed by atoms with Gasteiger partial charge in [0.2, 0.25) is 11.8 Å². The minimum atomic E-state index is -0.990. The molecule has 0 bridgehead atoms. The standard InChI is InChI=1S/C24H39N3O5S/c1-7-10-16(3)25-21(29)20(17-11-9-12-18(28)14-17)27(13-8-2)22(30)19(15-33)26-23(31)32-24(4,5)6/h9,11-12,14,16,19-20,28,33H,7-8,10,13,15H2,1-6H3,(H,25,29)(H,26,31). The van der Waals surface area contributed by atoms with E-state index < -0.39 is 29.7 Å². The predicted molar refractivity (Wildman–Crippen MR) is 132 cm³/mol. The molecule has 1 aromatic carbocycles. The van der Waals surface area contributed by atoms with Crippen molar-refractivity contribution < 1.29 is 24.2 Å². The maximum Gasteiger partial charge on any atom is 0.408 e. The number of phenolic OH excluding ortho intramolecular Hbond substituents is 1. The van der Waals surface area contributed by atoms with Crippen LogP contribution in [0.2, 0.25) is 0 Å². The number of amides is 3. The van der Waals surface area contributed by atoms with Gasteiger partial charge in [0.05, 0.1) is 0 Å². The Labute approximate surface area is 202 Å². The largest absolute Gasteiger partial charge is 0.508 e. The number of rotatable bonds is 11. The Balaban J connectivity index is 3.31. The van der Waals surface area contributed by atoms with Crippen molar-refractivity contribution in [3.05, 3.63) is 29.8 Å². The lowest BCUT2D eigenvalue weighted by molar-refractivity contribution is -0.142. The second kappa shape index (κ2) is 13.3. The van der Waals surface area contributed by atoms with Crippen LogP contribution >= 0.6 is 12.6 Å². The Kier molecular flexibility index (Phi) is 11.6. The number of nitrogens with one attached hydrogen (secondary N) is 2. The van der Waals surface area contributed by atoms with Crippen molar-refractivity contribution in [3.8, 4) is 5.75 Å². The first-order chi connectivity index (χ1) is 15.4. The van der Waals surface area contributed by atoms with E-state index in [0.717, 1.165) is 12.8 Å². The van der Waals surface area contributed by atoms with E-state index in [0.29, 0.717) is 12.0 Å². The van der Waals surface area contributed by atoms with Gasteiger partial charge < -0.3 is 25.4 Å². The first-order valence-corrected chi connectivity index (χ1v) is 12.1. The van der Waals surface area contributed by atoms with Crippen LogP contribution in [-0.4, -0.2) is 57.9 Å². The molecule has 1 aromatic rings. The Bertz CT molecular complexity index is 797. The van der Waals surface area contributed by atoms with Gasteiger partial charge in [-0.25, -0.2) is 4.79 Å². The van der Waals surface area contributed by atoms with E-state index >= 15 is 0 Å². The van der Waals surface area contributed by atoms with Gasteiger partial charge in [-0.05, 0) is 58.2 Å². The van der Waals surface area contributed by atoms with E-state index in [-0.39, 0.29) is 30.0 Å². The lowest BCUT2D eigenvalue weighted by Crippen LogP contribution is -2.54. The van der Waals surface area contributed by atoms with Gasteiger partial charge in [-0.2, -0.15) is 12.6 Å². The van der Waals surface area contributed by atoms with Gasteiger partial charge in [0.15, 0.2) is 0 Å². The SMILES string of the molecule is CCCC(C)NC(=O)C(c1cccc(O)c1)N(CCC)C(=O)C(CS)NC(=O)OC(C)(C)C. The maximum atomic E-state index is 13.5. The predicted octanol–water partition coefficient (Wildman–Crippen LogP) is 3.80. The van der Waals surface area contributed by atoms with Crippen molar-refractivity contribution in [2.75, 3.05) is 12.3 Å². The zero-order chi connectivity index (χ0) is 25.2. The van der Waals surface area contributed by atoms with Gasteiger partial charge in [0, 0.05) is 18.3 Å². The molecule has 9 heteroatoms. The Hall–Kier alpha value is -2.42. The fourth-order valence-corrected chi connectivity index (χ4v) is 3.69. The van der Waals surface area contributed by atoms with Crippen molar-refractivity contribution >= 4 is 30.5 Å². The first kappa shape index (κ1) is 28.6. The van der Waals surface area contributed by atoms with E-state index in [1.54, 1.807) is 32.9 Å². The smallest absolute Gasteiger partial charge is 0.408 e. The molecule has 0 heterocycles. The Morgan fingerprint density at radius 1 is 1.15 bits per heavy atom. The third-order valence-corrected chi connectivity index (χ3v) is 5.14. The molecule has 0 aliphatic heterocycles. The normalized spacial score (nSPS) is 14.0. The Morgan fingerprint density at radius 2 is 1.82 bits per heavy atom. The van der Waals surface area contributed by atoms with Crippen LogP contribution in [0.15, 0.2) is 24.3 Å². The molecule has 0 aromatic heterocycles. The molecule has 1 rings (SSSR count). The van der Waals surface area contributed by atoms with Crippen LogP contribution in [-0.2, 0) is 14.3 Å². The highest BCUT2D eigenvalue weighted by molar-refractivity contribution is 7.80. The molecular formula is C24H39N3O5S. The van der Waals surface area contributed by atoms with E-state index in [9.17, 15) is 19.5 Å². The van der Waals surface area contributed by atoms with Crippen LogP contribution in [0.3, 0.4) is 0 Å². The molecule has 0 fully saturated rings. The Morgan fingerprint density at radius 3 is 2.33 bits per heavy atom. The number of ether oxygens (including phenoxy) is 1. The third-order valence-electron chi connectivity index (χ3n) is 4.78. The molecule has 3 N–H and O–H groups in total. The number of nitrogens with zero attached hydrogens (tertiary/aromatic N) is 1. The molecule has 0 saturated carbocycles. The van der Waals surface area contributed by atoms with Crippen LogP contribution in [0.25, 0.3) is 0 Å². The van der Waals surface area contributed by atoms with Gasteiger partial charge in [-0.3, -0.25) is 9.59 Å². The summed E-state index contributed by atoms with van der Waals surface area (Å²) < 4.78 is 5.28. The summed E-state index contributed by atoms with van der Waals surface area (Å²) in [5, 5.41) is 15.6. The molecule has 3 atom stereocenters. The molecule has 3 amide bonds. The fraction of sp³-hybridized carbons (Fsp3) is 0.625. The van der Waals surface area contributed by atoms with E-state index in [4.69, 9.17) is 4.74 Å². The van der Waals surface area contributed by atoms with Crippen molar-refractivity contribution in [2.24, 2.45) is 0 Å². The molecule has 0 aliphatic rings. The molecule has 186 valence electrons. The summed E-state index contributed by atoms with van der Waals surface area (Å²) in [6.07, 6.45) is 1.54. The molecule has 33 heavy (non-hydrogen) atoms. The van der Waals surface area contributed by atoms with E-state index in [1.165, 1.54) is 17.0 Å². The van der Waals surface area contributed by atoms with Crippen molar-refractivity contribution in [1.82, 2.24) is 15.5 Å². The number of alkyl carbamates (subject to hydrolysis) is 1. The quantitative estimate of drug-likeness (QED) is 0.360. The number of thiol groups is 1. The van der Waals surface area contributed by atoms with Gasteiger partial charge in [-0.15, -0.1) is 0 Å². The van der Waals surface area contributed by atoms with Crippen molar-refractivity contribution in [1.29, 1.82) is 0 Å². The second-order valence-corrected chi connectivity index (χ2v) is 9.47. The molecular weight excluding hydrogens is 442 g/mol. The summed E-state index contributed by atoms with van der Waals surface area (Å²) in [5.74, 6) is -0.782. The summed E-state index contributed by atoms with van der Waals surface area (Å²) in [4.78, 5) is 40.6. The highest BCUT2D eigenvalue weighted by atomic mass is 32.1. The van der Waals surface area contributed by atoms with Crippen molar-refractivity contribution in [2.45, 2.75) is 84.5 Å². The minimum absolute atomic E-state index is 0.00608. The second-order valence-electron chi connectivity index (χ2n) is 9.11. The highest BCUT2D eigenvalue weighted by Gasteiger charge is 2.36. The maximum absolute atomic E-state index is 13.5. The summed E-state index contributed by atoms with van der Waals surface area (Å²) in [7, 11) is 0. The summed E-state index contributed by atoms with van der Waals surface area (Å²) in [6.45, 7) is 11.3. The average Bonchev–Trinajstić information content (AvgIpc) is 2.70. The van der Waals surface area contributed by atoms with Crippen LogP contribution in [0.4, 0.5) is 4.79 Å². The molecule has 0 aliphatic carbocycles. The summed E-state index contributed by atoms with van der Waals surface area (Å²) >= 11 is 4.25. The molecule has 0 spiro atoms. The zero-order valence-corrected chi connectivity index (χ0v) is 21.4. The summed E-state index contributed by atoms with van der Waals surface area (Å²) in [6, 6.07) is 4.25. The van der Waals surface area contributed by atoms with Crippen molar-refractivity contribution in [3.63, 3.8) is 0 Å². The van der Waals surface area contributed by atoms with Gasteiger partial charge in [0.1, 0.15) is 23.4 Å². The van der Waals surface area contributed by atoms with Crippen LogP contribution in [0.1, 0.15) is 72.4 Å². The number of carbonyl (C=O) groups is 3. The fourth-order valence-electron chi connectivity index (χ4n) is 3.44. The van der Waals surface area contributed by atoms with E-state index in [2.05, 4.69) is 23.3 Å². The molecule has 0 saturated heterocycles. The minimum Gasteiger partial charge on any atom is -0.508 e. The number of carbonyl (C=O) groups excluding carboxylic acids is 3. The van der Waals surface area contributed by atoms with Crippen LogP contribution in [0.5, 0.6) is 5.75 Å².